The summed E-state index contributed by atoms with van der Waals surface area (Å²) in [7, 11) is 0. The third-order valence-electron chi connectivity index (χ3n) is 13.1. The van der Waals surface area contributed by atoms with E-state index in [1.54, 1.807) is 0 Å². The molecule has 3 nitrogen and oxygen atoms in total. The third-order valence-corrected chi connectivity index (χ3v) is 13.1. The Balaban J connectivity index is 0.987. The van der Waals surface area contributed by atoms with Crippen LogP contribution >= 0.6 is 0 Å². The quantitative estimate of drug-likeness (QED) is 0.147. The van der Waals surface area contributed by atoms with Crippen LogP contribution in [-0.2, 0) is 0 Å². The summed E-state index contributed by atoms with van der Waals surface area (Å²) in [6.07, 6.45) is 0. The van der Waals surface area contributed by atoms with Crippen molar-refractivity contribution in [1.29, 1.82) is 0 Å². The molecule has 0 fully saturated rings. The van der Waals surface area contributed by atoms with Gasteiger partial charge in [0.25, 0.3) is 0 Å². The van der Waals surface area contributed by atoms with E-state index in [1.165, 1.54) is 76.7 Å². The molecule has 0 saturated carbocycles. The first-order chi connectivity index (χ1) is 31.7. The van der Waals surface area contributed by atoms with Crippen LogP contribution in [0.5, 0.6) is 0 Å². The van der Waals surface area contributed by atoms with Gasteiger partial charge in [0.15, 0.2) is 0 Å². The minimum Gasteiger partial charge on any atom is -0.309 e. The summed E-state index contributed by atoms with van der Waals surface area (Å²) in [5.74, 6) is 0.880. The highest BCUT2D eigenvalue weighted by Crippen LogP contribution is 2.43. The molecule has 10 aromatic carbocycles. The lowest BCUT2D eigenvalue weighted by atomic mass is 9.96. The van der Waals surface area contributed by atoms with Crippen LogP contribution in [0.15, 0.2) is 237 Å². The fourth-order valence-corrected chi connectivity index (χ4v) is 10.0. The van der Waals surface area contributed by atoms with E-state index in [-0.39, 0.29) is 0 Å². The first-order valence-corrected chi connectivity index (χ1v) is 21.9. The van der Waals surface area contributed by atoms with E-state index in [0.29, 0.717) is 0 Å². The van der Waals surface area contributed by atoms with Crippen molar-refractivity contribution < 1.29 is 0 Å². The van der Waals surface area contributed by atoms with Crippen LogP contribution in [0.4, 0.5) is 0 Å². The van der Waals surface area contributed by atoms with Crippen molar-refractivity contribution in [1.82, 2.24) is 14.1 Å². The number of fused-ring (bicyclic) bond motifs is 3. The first kappa shape index (κ1) is 36.2. The fraction of sp³-hybridized carbons (Fsp3) is 0. The first-order valence-electron chi connectivity index (χ1n) is 21.9. The molecular weight excluding hydrogens is 775 g/mol. The van der Waals surface area contributed by atoms with Gasteiger partial charge in [0.05, 0.1) is 27.8 Å². The van der Waals surface area contributed by atoms with Gasteiger partial charge in [-0.2, -0.15) is 0 Å². The predicted octanol–water partition coefficient (Wildman–Crippen LogP) is 16.2. The number of benzene rings is 10. The zero-order valence-corrected chi connectivity index (χ0v) is 34.9. The molecule has 0 spiro atoms. The number of hydrogen-bond acceptors (Lipinski definition) is 1. The molecular formula is C61H39N3. The van der Waals surface area contributed by atoms with Crippen molar-refractivity contribution in [3.63, 3.8) is 0 Å². The minimum absolute atomic E-state index is 0.880. The van der Waals surface area contributed by atoms with E-state index in [9.17, 15) is 0 Å². The zero-order chi connectivity index (χ0) is 42.1. The highest BCUT2D eigenvalue weighted by atomic mass is 15.1. The number of hydrogen-bond donors (Lipinski definition) is 0. The molecule has 0 amide bonds. The van der Waals surface area contributed by atoms with Crippen molar-refractivity contribution in [2.45, 2.75) is 0 Å². The molecule has 0 atom stereocenters. The van der Waals surface area contributed by atoms with Gasteiger partial charge in [-0.15, -0.1) is 0 Å². The number of rotatable bonds is 7. The normalized spacial score (nSPS) is 11.8. The van der Waals surface area contributed by atoms with E-state index in [1.807, 2.05) is 0 Å². The lowest BCUT2D eigenvalue weighted by Gasteiger charge is -2.14. The van der Waals surface area contributed by atoms with Crippen molar-refractivity contribution in [3.05, 3.63) is 237 Å². The summed E-state index contributed by atoms with van der Waals surface area (Å²) in [6, 6.07) is 85.8. The van der Waals surface area contributed by atoms with Gasteiger partial charge in [-0.05, 0) is 116 Å². The van der Waals surface area contributed by atoms with Crippen LogP contribution in [0.2, 0.25) is 0 Å². The van der Waals surface area contributed by atoms with Gasteiger partial charge >= 0.3 is 0 Å². The molecule has 64 heavy (non-hydrogen) atoms. The molecule has 0 unspecified atom stereocenters. The standard InChI is InChI=1S/C61H39N3/c1-4-13-40(14-5-1)42-23-25-44(26-24-42)50-37-54(45-29-27-43(28-30-45)41-15-6-2-7-16-41)62-59(39-50)64-55-21-11-10-20-52(55)53-36-47(33-34-56(53)64)49-35-48-32-31-46-17-12-22-57-60(46)61(48)58(38-49)63(57)51-18-8-3-9-19-51/h1-39H. The van der Waals surface area contributed by atoms with E-state index >= 15 is 0 Å². The molecule has 0 radical (unpaired) electrons. The molecule has 3 aromatic heterocycles. The maximum atomic E-state index is 5.49. The molecule has 0 aliphatic heterocycles. The summed E-state index contributed by atoms with van der Waals surface area (Å²) in [6.45, 7) is 0. The van der Waals surface area contributed by atoms with E-state index in [4.69, 9.17) is 4.98 Å². The lowest BCUT2D eigenvalue weighted by molar-refractivity contribution is 1.08. The molecule has 0 saturated heterocycles. The monoisotopic (exact) mass is 813 g/mol. The lowest BCUT2D eigenvalue weighted by Crippen LogP contribution is -2.00. The highest BCUT2D eigenvalue weighted by Gasteiger charge is 2.20. The summed E-state index contributed by atoms with van der Waals surface area (Å²) >= 11 is 0. The zero-order valence-electron chi connectivity index (χ0n) is 34.9. The van der Waals surface area contributed by atoms with Crippen molar-refractivity contribution in [2.75, 3.05) is 0 Å². The van der Waals surface area contributed by atoms with Gasteiger partial charge in [0.2, 0.25) is 0 Å². The van der Waals surface area contributed by atoms with E-state index < -0.39 is 0 Å². The van der Waals surface area contributed by atoms with Crippen LogP contribution in [0.1, 0.15) is 0 Å². The number of pyridine rings is 1. The van der Waals surface area contributed by atoms with Crippen LogP contribution < -0.4 is 0 Å². The van der Waals surface area contributed by atoms with E-state index in [0.717, 1.165) is 44.9 Å². The van der Waals surface area contributed by atoms with Gasteiger partial charge in [-0.3, -0.25) is 4.57 Å². The Morgan fingerprint density at radius 2 is 0.797 bits per heavy atom. The third kappa shape index (κ3) is 5.86. The van der Waals surface area contributed by atoms with Crippen LogP contribution in [0.25, 0.3) is 122 Å². The molecule has 0 aliphatic rings. The Labute approximate surface area is 370 Å². The number of nitrogens with zero attached hydrogens (tertiary/aromatic N) is 3. The molecule has 3 heteroatoms. The van der Waals surface area contributed by atoms with Gasteiger partial charge in [0, 0.05) is 32.8 Å². The van der Waals surface area contributed by atoms with Gasteiger partial charge in [0.1, 0.15) is 5.82 Å². The highest BCUT2D eigenvalue weighted by molar-refractivity contribution is 6.25. The fourth-order valence-electron chi connectivity index (χ4n) is 10.0. The van der Waals surface area contributed by atoms with Crippen LogP contribution in [0, 0.1) is 0 Å². The molecule has 0 N–H and O–H groups in total. The Bertz CT molecular complexity index is 3740. The van der Waals surface area contributed by atoms with Crippen molar-refractivity contribution in [3.8, 4) is 67.3 Å². The predicted molar refractivity (Wildman–Crippen MR) is 269 cm³/mol. The van der Waals surface area contributed by atoms with E-state index in [2.05, 4.69) is 246 Å². The van der Waals surface area contributed by atoms with Gasteiger partial charge < -0.3 is 4.57 Å². The van der Waals surface area contributed by atoms with Crippen molar-refractivity contribution >= 4 is 54.4 Å². The Morgan fingerprint density at radius 3 is 1.52 bits per heavy atom. The minimum atomic E-state index is 0.880. The number of para-hydroxylation sites is 2. The Kier molecular flexibility index (Phi) is 8.22. The summed E-state index contributed by atoms with van der Waals surface area (Å²) in [5.41, 5.74) is 17.2. The molecule has 0 bridgehead atoms. The molecule has 13 aromatic rings. The second-order valence-electron chi connectivity index (χ2n) is 16.8. The largest absolute Gasteiger partial charge is 0.309 e. The molecule has 298 valence electrons. The topological polar surface area (TPSA) is 22.8 Å². The second-order valence-corrected chi connectivity index (χ2v) is 16.8. The maximum absolute atomic E-state index is 5.49. The molecule has 13 rings (SSSR count). The average molecular weight is 814 g/mol. The molecule has 3 heterocycles. The van der Waals surface area contributed by atoms with Crippen LogP contribution in [0.3, 0.4) is 0 Å². The smallest absolute Gasteiger partial charge is 0.138 e. The van der Waals surface area contributed by atoms with Crippen molar-refractivity contribution in [2.24, 2.45) is 0 Å². The SMILES string of the molecule is c1ccc(-c2ccc(-c3cc(-c4ccc(-c5ccccc5)cc4)nc(-n4c5ccccc5c5cc(-c6cc7ccc8cccc9c8c7c(c6)n9-c6ccccc6)ccc54)c3)cc2)cc1. The Hall–Kier alpha value is -8.53. The summed E-state index contributed by atoms with van der Waals surface area (Å²) in [4.78, 5) is 5.49. The van der Waals surface area contributed by atoms with Gasteiger partial charge in [-0.1, -0.05) is 176 Å². The molecule has 0 aliphatic carbocycles. The number of aromatic nitrogens is 3. The Morgan fingerprint density at radius 1 is 0.266 bits per heavy atom. The van der Waals surface area contributed by atoms with Crippen LogP contribution in [-0.4, -0.2) is 14.1 Å². The maximum Gasteiger partial charge on any atom is 0.138 e. The second kappa shape index (κ2) is 14.5. The van der Waals surface area contributed by atoms with Gasteiger partial charge in [-0.25, -0.2) is 4.98 Å². The summed E-state index contributed by atoms with van der Waals surface area (Å²) < 4.78 is 4.78. The average Bonchev–Trinajstić information content (AvgIpc) is 3.90. The summed E-state index contributed by atoms with van der Waals surface area (Å²) in [5, 5.41) is 7.52.